The molecule has 5 rings (SSSR count). The molecule has 8 heteroatoms. The van der Waals surface area contributed by atoms with Crippen molar-refractivity contribution in [2.45, 2.75) is 19.3 Å². The Balaban J connectivity index is 1.39. The molecule has 4 N–H and O–H groups in total. The minimum Gasteiger partial charge on any atom is -0.340 e. The number of fused-ring (bicyclic) bond motifs is 2. The first kappa shape index (κ1) is 18.8. The predicted molar refractivity (Wildman–Crippen MR) is 120 cm³/mol. The van der Waals surface area contributed by atoms with Crippen LogP contribution in [0, 0.1) is 0 Å². The average Bonchev–Trinajstić information content (AvgIpc) is 3.21. The van der Waals surface area contributed by atoms with Gasteiger partial charge in [0.05, 0.1) is 17.3 Å². The second kappa shape index (κ2) is 7.56. The van der Waals surface area contributed by atoms with Gasteiger partial charge in [0, 0.05) is 35.1 Å². The first-order chi connectivity index (χ1) is 15.1. The first-order valence-corrected chi connectivity index (χ1v) is 9.97. The van der Waals surface area contributed by atoms with Gasteiger partial charge in [0.25, 0.3) is 5.91 Å². The minimum atomic E-state index is -0.298. The topological polar surface area (TPSA) is 112 Å². The highest BCUT2D eigenvalue weighted by Crippen LogP contribution is 2.34. The van der Waals surface area contributed by atoms with Crippen molar-refractivity contribution < 1.29 is 9.59 Å². The second-order valence-electron chi connectivity index (χ2n) is 7.61. The number of pyridine rings is 1. The zero-order chi connectivity index (χ0) is 21.4. The largest absolute Gasteiger partial charge is 0.340 e. The van der Waals surface area contributed by atoms with Crippen molar-refractivity contribution in [2.24, 2.45) is 0 Å². The van der Waals surface area contributed by atoms with Crippen LogP contribution in [0.1, 0.15) is 35.2 Å². The molecule has 0 aliphatic carbocycles. The molecule has 0 radical (unpaired) electrons. The molecule has 4 aromatic rings. The average molecular weight is 412 g/mol. The number of nitrogens with one attached hydrogen (secondary N) is 4. The molecule has 0 spiro atoms. The lowest BCUT2D eigenvalue weighted by molar-refractivity contribution is -0.116. The van der Waals surface area contributed by atoms with Crippen molar-refractivity contribution in [2.75, 3.05) is 16.0 Å². The van der Waals surface area contributed by atoms with Gasteiger partial charge in [-0.3, -0.25) is 14.7 Å². The molecule has 0 saturated heterocycles. The van der Waals surface area contributed by atoms with Crippen LogP contribution in [0.15, 0.2) is 60.9 Å². The number of aromatic amines is 1. The SMILES string of the molecule is CC1CC(=O)Nc2cc(NC(=O)c3cccnc3Nc3ccc4cn[nH]c4c3)ccc21. The minimum absolute atomic E-state index is 0.0172. The number of nitrogens with zero attached hydrogens (tertiary/aromatic N) is 2. The molecule has 8 nitrogen and oxygen atoms in total. The van der Waals surface area contributed by atoms with E-state index in [2.05, 4.69) is 31.1 Å². The number of amides is 2. The fourth-order valence-corrected chi connectivity index (χ4v) is 3.80. The Kier molecular flexibility index (Phi) is 4.59. The summed E-state index contributed by atoms with van der Waals surface area (Å²) in [6, 6.07) is 14.8. The third-order valence-electron chi connectivity index (χ3n) is 5.36. The molecule has 2 aromatic carbocycles. The van der Waals surface area contributed by atoms with Crippen LogP contribution in [0.2, 0.25) is 0 Å². The van der Waals surface area contributed by atoms with Gasteiger partial charge in [0.15, 0.2) is 0 Å². The molecular formula is C23H20N6O2. The van der Waals surface area contributed by atoms with Crippen molar-refractivity contribution >= 4 is 45.6 Å². The maximum atomic E-state index is 13.0. The highest BCUT2D eigenvalue weighted by molar-refractivity contribution is 6.08. The van der Waals surface area contributed by atoms with Gasteiger partial charge in [0.2, 0.25) is 5.91 Å². The van der Waals surface area contributed by atoms with Crippen molar-refractivity contribution in [1.82, 2.24) is 15.2 Å². The van der Waals surface area contributed by atoms with Gasteiger partial charge in [-0.25, -0.2) is 4.98 Å². The zero-order valence-electron chi connectivity index (χ0n) is 16.8. The number of rotatable bonds is 4. The van der Waals surface area contributed by atoms with E-state index < -0.39 is 0 Å². The van der Waals surface area contributed by atoms with Gasteiger partial charge in [-0.2, -0.15) is 5.10 Å². The molecule has 1 atom stereocenters. The summed E-state index contributed by atoms with van der Waals surface area (Å²) in [6.45, 7) is 2.02. The van der Waals surface area contributed by atoms with E-state index >= 15 is 0 Å². The number of anilines is 4. The molecule has 2 aromatic heterocycles. The predicted octanol–water partition coefficient (Wildman–Crippen LogP) is 4.40. The van der Waals surface area contributed by atoms with E-state index in [-0.39, 0.29) is 17.7 Å². The molecule has 1 aliphatic heterocycles. The zero-order valence-corrected chi connectivity index (χ0v) is 16.8. The van der Waals surface area contributed by atoms with E-state index in [9.17, 15) is 9.59 Å². The van der Waals surface area contributed by atoms with Crippen molar-refractivity contribution in [1.29, 1.82) is 0 Å². The Labute approximate surface area is 178 Å². The van der Waals surface area contributed by atoms with Crippen LogP contribution in [-0.2, 0) is 4.79 Å². The molecule has 154 valence electrons. The van der Waals surface area contributed by atoms with Gasteiger partial charge >= 0.3 is 0 Å². The summed E-state index contributed by atoms with van der Waals surface area (Å²) in [4.78, 5) is 29.2. The highest BCUT2D eigenvalue weighted by atomic mass is 16.2. The molecule has 0 fully saturated rings. The normalized spacial score (nSPS) is 15.3. The molecule has 1 unspecified atom stereocenters. The van der Waals surface area contributed by atoms with Crippen LogP contribution in [0.25, 0.3) is 10.9 Å². The Morgan fingerprint density at radius 2 is 2.00 bits per heavy atom. The van der Waals surface area contributed by atoms with E-state index in [0.717, 1.165) is 27.8 Å². The van der Waals surface area contributed by atoms with Crippen LogP contribution in [0.5, 0.6) is 0 Å². The highest BCUT2D eigenvalue weighted by Gasteiger charge is 2.22. The Hall–Kier alpha value is -4.20. The molecule has 3 heterocycles. The fourth-order valence-electron chi connectivity index (χ4n) is 3.80. The summed E-state index contributed by atoms with van der Waals surface area (Å²) in [6.07, 6.45) is 3.85. The first-order valence-electron chi connectivity index (χ1n) is 9.97. The fraction of sp³-hybridized carbons (Fsp3) is 0.130. The quantitative estimate of drug-likeness (QED) is 0.397. The Morgan fingerprint density at radius 3 is 2.90 bits per heavy atom. The van der Waals surface area contributed by atoms with E-state index in [1.54, 1.807) is 30.6 Å². The summed E-state index contributed by atoms with van der Waals surface area (Å²) in [5.74, 6) is 0.276. The lowest BCUT2D eigenvalue weighted by atomic mass is 9.92. The summed E-state index contributed by atoms with van der Waals surface area (Å²) < 4.78 is 0. The number of benzene rings is 2. The third kappa shape index (κ3) is 3.71. The van der Waals surface area contributed by atoms with E-state index in [4.69, 9.17) is 0 Å². The smallest absolute Gasteiger partial charge is 0.259 e. The molecule has 2 amide bonds. The molecule has 1 aliphatic rings. The number of hydrogen-bond acceptors (Lipinski definition) is 5. The number of H-pyrrole nitrogens is 1. The maximum absolute atomic E-state index is 13.0. The van der Waals surface area contributed by atoms with Crippen LogP contribution in [0.4, 0.5) is 22.9 Å². The summed E-state index contributed by atoms with van der Waals surface area (Å²) >= 11 is 0. The number of aromatic nitrogens is 3. The van der Waals surface area contributed by atoms with Gasteiger partial charge in [-0.05, 0) is 53.9 Å². The van der Waals surface area contributed by atoms with Crippen LogP contribution >= 0.6 is 0 Å². The number of hydrogen-bond donors (Lipinski definition) is 4. The van der Waals surface area contributed by atoms with Crippen molar-refractivity contribution in [3.8, 4) is 0 Å². The van der Waals surface area contributed by atoms with Crippen LogP contribution in [-0.4, -0.2) is 27.0 Å². The number of carbonyl (C=O) groups is 2. The molecule has 31 heavy (non-hydrogen) atoms. The van der Waals surface area contributed by atoms with Gasteiger partial charge < -0.3 is 16.0 Å². The van der Waals surface area contributed by atoms with Gasteiger partial charge in [0.1, 0.15) is 5.82 Å². The summed E-state index contributed by atoms with van der Waals surface area (Å²) in [7, 11) is 0. The van der Waals surface area contributed by atoms with E-state index in [0.29, 0.717) is 23.5 Å². The monoisotopic (exact) mass is 412 g/mol. The van der Waals surface area contributed by atoms with Gasteiger partial charge in [-0.15, -0.1) is 0 Å². The summed E-state index contributed by atoms with van der Waals surface area (Å²) in [5.41, 5.74) is 4.48. The number of carbonyl (C=O) groups excluding carboxylic acids is 2. The second-order valence-corrected chi connectivity index (χ2v) is 7.61. The standard InChI is InChI=1S/C23H20N6O2/c1-13-9-21(30)28-20-11-16(6-7-17(13)20)27-23(31)18-3-2-8-24-22(18)26-15-5-4-14-12-25-29-19(14)10-15/h2-8,10-13H,9H2,1H3,(H,24,26)(H,25,29)(H,27,31)(H,28,30). The van der Waals surface area contributed by atoms with Crippen LogP contribution in [0.3, 0.4) is 0 Å². The Morgan fingerprint density at radius 1 is 1.13 bits per heavy atom. The molecule has 0 saturated carbocycles. The van der Waals surface area contributed by atoms with Crippen LogP contribution < -0.4 is 16.0 Å². The summed E-state index contributed by atoms with van der Waals surface area (Å²) in [5, 5.41) is 16.9. The third-order valence-corrected chi connectivity index (χ3v) is 5.36. The lowest BCUT2D eigenvalue weighted by Crippen LogP contribution is -2.22. The van der Waals surface area contributed by atoms with E-state index in [1.165, 1.54) is 0 Å². The van der Waals surface area contributed by atoms with Crippen molar-refractivity contribution in [3.63, 3.8) is 0 Å². The maximum Gasteiger partial charge on any atom is 0.259 e. The Bertz CT molecular complexity index is 1310. The van der Waals surface area contributed by atoms with Gasteiger partial charge in [-0.1, -0.05) is 13.0 Å². The lowest BCUT2D eigenvalue weighted by Gasteiger charge is -2.23. The molecule has 0 bridgehead atoms. The van der Waals surface area contributed by atoms with E-state index in [1.807, 2.05) is 37.3 Å². The molecular weight excluding hydrogens is 392 g/mol. The van der Waals surface area contributed by atoms with Crippen molar-refractivity contribution in [3.05, 3.63) is 72.1 Å².